The van der Waals surface area contributed by atoms with Crippen LogP contribution in [-0.2, 0) is 26.8 Å². The summed E-state index contributed by atoms with van der Waals surface area (Å²) in [5.41, 5.74) is 8.88. The standard InChI is InChI=1S/C16H25BrN2O5S/c1-11-3-4-15(8-13(11)7-14(18)9-16(20)21)19(6-5-17)10-12(2)24-25(22)23/h3-4,8,12,14H,5-7,9-10,18H2,1-2H3,(H,20,21)(H,22,23)/t12?,14-/m0/s1. The molecule has 0 heterocycles. The molecular formula is C16H25BrN2O5S. The molecule has 0 aliphatic heterocycles. The number of carboxylic acid groups (broad SMARTS) is 1. The fourth-order valence-electron chi connectivity index (χ4n) is 2.56. The SMILES string of the molecule is Cc1ccc(N(CCBr)CC(C)OS(=O)O)cc1C[C@H](N)CC(=O)O. The van der Waals surface area contributed by atoms with Crippen molar-refractivity contribution in [1.82, 2.24) is 0 Å². The molecule has 25 heavy (non-hydrogen) atoms. The fraction of sp³-hybridized carbons (Fsp3) is 0.562. The fourth-order valence-corrected chi connectivity index (χ4v) is 3.33. The van der Waals surface area contributed by atoms with Crippen molar-refractivity contribution in [2.24, 2.45) is 5.73 Å². The molecule has 0 saturated carbocycles. The van der Waals surface area contributed by atoms with Gasteiger partial charge in [-0.3, -0.25) is 13.5 Å². The average molecular weight is 437 g/mol. The van der Waals surface area contributed by atoms with Gasteiger partial charge in [0, 0.05) is 30.1 Å². The first-order valence-corrected chi connectivity index (χ1v) is 10.0. The zero-order valence-electron chi connectivity index (χ0n) is 14.4. The Bertz CT molecular complexity index is 602. The van der Waals surface area contributed by atoms with E-state index in [0.29, 0.717) is 19.5 Å². The van der Waals surface area contributed by atoms with Crippen LogP contribution in [-0.4, -0.2) is 50.4 Å². The molecule has 1 aromatic carbocycles. The molecule has 9 heteroatoms. The summed E-state index contributed by atoms with van der Waals surface area (Å²) in [5, 5.41) is 9.59. The molecule has 0 radical (unpaired) electrons. The van der Waals surface area contributed by atoms with Gasteiger partial charge in [-0.05, 0) is 43.5 Å². The van der Waals surface area contributed by atoms with E-state index in [9.17, 15) is 9.00 Å². The Labute approximate surface area is 159 Å². The maximum atomic E-state index is 10.8. The van der Waals surface area contributed by atoms with Gasteiger partial charge in [0.15, 0.2) is 0 Å². The Morgan fingerprint density at radius 3 is 2.72 bits per heavy atom. The van der Waals surface area contributed by atoms with Gasteiger partial charge in [0.25, 0.3) is 0 Å². The maximum Gasteiger partial charge on any atom is 0.304 e. The number of nitrogens with two attached hydrogens (primary N) is 1. The summed E-state index contributed by atoms with van der Waals surface area (Å²) in [4.78, 5) is 12.8. The summed E-state index contributed by atoms with van der Waals surface area (Å²) >= 11 is 1.11. The highest BCUT2D eigenvalue weighted by atomic mass is 79.9. The molecule has 1 rings (SSSR count). The quantitative estimate of drug-likeness (QED) is 0.359. The van der Waals surface area contributed by atoms with Crippen LogP contribution in [0.3, 0.4) is 0 Å². The monoisotopic (exact) mass is 436 g/mol. The average Bonchev–Trinajstić information content (AvgIpc) is 2.47. The van der Waals surface area contributed by atoms with E-state index in [1.165, 1.54) is 0 Å². The minimum Gasteiger partial charge on any atom is -0.481 e. The van der Waals surface area contributed by atoms with E-state index in [1.807, 2.05) is 30.0 Å². The van der Waals surface area contributed by atoms with Crippen LogP contribution in [0.2, 0.25) is 0 Å². The number of anilines is 1. The molecule has 0 saturated heterocycles. The van der Waals surface area contributed by atoms with Gasteiger partial charge in [-0.15, -0.1) is 0 Å². The number of nitrogens with zero attached hydrogens (tertiary/aromatic N) is 1. The molecule has 3 atom stereocenters. The third-order valence-corrected chi connectivity index (χ3v) is 4.54. The number of aryl methyl sites for hydroxylation is 1. The van der Waals surface area contributed by atoms with E-state index in [1.54, 1.807) is 6.92 Å². The lowest BCUT2D eigenvalue weighted by Gasteiger charge is -2.27. The van der Waals surface area contributed by atoms with E-state index in [-0.39, 0.29) is 6.42 Å². The van der Waals surface area contributed by atoms with Crippen LogP contribution >= 0.6 is 15.9 Å². The van der Waals surface area contributed by atoms with Gasteiger partial charge >= 0.3 is 17.3 Å². The largest absolute Gasteiger partial charge is 0.481 e. The summed E-state index contributed by atoms with van der Waals surface area (Å²) in [6.07, 6.45) is -0.0353. The van der Waals surface area contributed by atoms with Gasteiger partial charge < -0.3 is 15.7 Å². The van der Waals surface area contributed by atoms with Crippen molar-refractivity contribution < 1.29 is 22.8 Å². The number of carboxylic acids is 1. The molecule has 4 N–H and O–H groups in total. The first-order valence-electron chi connectivity index (χ1n) is 7.88. The minimum absolute atomic E-state index is 0.0814. The lowest BCUT2D eigenvalue weighted by Crippen LogP contribution is -2.34. The summed E-state index contributed by atoms with van der Waals surface area (Å²) < 4.78 is 24.5. The topological polar surface area (TPSA) is 113 Å². The molecule has 0 fully saturated rings. The van der Waals surface area contributed by atoms with E-state index < -0.39 is 29.5 Å². The molecule has 0 aromatic heterocycles. The molecule has 0 spiro atoms. The number of carbonyl (C=O) groups is 1. The third kappa shape index (κ3) is 8.28. The molecule has 0 aliphatic rings. The Kier molecular flexibility index (Phi) is 9.58. The lowest BCUT2D eigenvalue weighted by molar-refractivity contribution is -0.137. The van der Waals surface area contributed by atoms with Gasteiger partial charge in [-0.1, -0.05) is 22.0 Å². The van der Waals surface area contributed by atoms with Crippen molar-refractivity contribution in [1.29, 1.82) is 0 Å². The third-order valence-electron chi connectivity index (χ3n) is 3.70. The van der Waals surface area contributed by atoms with Crippen LogP contribution in [0.15, 0.2) is 18.2 Å². The van der Waals surface area contributed by atoms with Crippen molar-refractivity contribution in [2.75, 3.05) is 23.3 Å². The van der Waals surface area contributed by atoms with Gasteiger partial charge in [0.2, 0.25) is 0 Å². The predicted octanol–water partition coefficient (Wildman–Crippen LogP) is 2.08. The Morgan fingerprint density at radius 2 is 2.16 bits per heavy atom. The van der Waals surface area contributed by atoms with Crippen LogP contribution in [0.4, 0.5) is 5.69 Å². The molecular weight excluding hydrogens is 412 g/mol. The van der Waals surface area contributed by atoms with Gasteiger partial charge in [0.1, 0.15) is 0 Å². The normalized spacial score (nSPS) is 14.8. The first-order chi connectivity index (χ1) is 11.7. The van der Waals surface area contributed by atoms with Crippen molar-refractivity contribution in [3.05, 3.63) is 29.3 Å². The first kappa shape index (κ1) is 22.0. The second-order valence-corrected chi connectivity index (χ2v) is 7.35. The maximum absolute atomic E-state index is 10.8. The van der Waals surface area contributed by atoms with Gasteiger partial charge in [0.05, 0.1) is 12.5 Å². The number of rotatable bonds is 11. The summed E-state index contributed by atoms with van der Waals surface area (Å²) in [5.74, 6) is -0.912. The lowest BCUT2D eigenvalue weighted by atomic mass is 9.99. The molecule has 0 amide bonds. The zero-order chi connectivity index (χ0) is 19.0. The second kappa shape index (κ2) is 10.9. The Hall–Kier alpha value is -1.00. The molecule has 142 valence electrons. The van der Waals surface area contributed by atoms with Crippen LogP contribution in [0, 0.1) is 6.92 Å². The van der Waals surface area contributed by atoms with Crippen molar-refractivity contribution in [3.8, 4) is 0 Å². The summed E-state index contributed by atoms with van der Waals surface area (Å²) in [6, 6.07) is 5.47. The number of alkyl halides is 1. The summed E-state index contributed by atoms with van der Waals surface area (Å²) in [6.45, 7) is 4.83. The van der Waals surface area contributed by atoms with Gasteiger partial charge in [-0.25, -0.2) is 0 Å². The number of benzene rings is 1. The van der Waals surface area contributed by atoms with Crippen LogP contribution in [0.5, 0.6) is 0 Å². The number of hydrogen-bond donors (Lipinski definition) is 3. The highest BCUT2D eigenvalue weighted by molar-refractivity contribution is 9.09. The van der Waals surface area contributed by atoms with E-state index >= 15 is 0 Å². The van der Waals surface area contributed by atoms with Crippen LogP contribution < -0.4 is 10.6 Å². The molecule has 1 aromatic rings. The Morgan fingerprint density at radius 1 is 1.48 bits per heavy atom. The second-order valence-electron chi connectivity index (χ2n) is 5.93. The van der Waals surface area contributed by atoms with Crippen molar-refractivity contribution in [3.63, 3.8) is 0 Å². The molecule has 2 unspecified atom stereocenters. The van der Waals surface area contributed by atoms with Crippen LogP contribution in [0.25, 0.3) is 0 Å². The highest BCUT2D eigenvalue weighted by Crippen LogP contribution is 2.22. The van der Waals surface area contributed by atoms with E-state index in [2.05, 4.69) is 15.9 Å². The summed E-state index contributed by atoms with van der Waals surface area (Å²) in [7, 11) is 0. The number of halogens is 1. The smallest absolute Gasteiger partial charge is 0.304 e. The zero-order valence-corrected chi connectivity index (χ0v) is 16.8. The van der Waals surface area contributed by atoms with E-state index in [0.717, 1.165) is 22.1 Å². The van der Waals surface area contributed by atoms with Crippen molar-refractivity contribution in [2.45, 2.75) is 38.8 Å². The number of hydrogen-bond acceptors (Lipinski definition) is 5. The minimum atomic E-state index is -2.30. The molecule has 7 nitrogen and oxygen atoms in total. The van der Waals surface area contributed by atoms with Crippen LogP contribution in [0.1, 0.15) is 24.5 Å². The molecule has 0 bridgehead atoms. The number of aliphatic carboxylic acids is 1. The van der Waals surface area contributed by atoms with Gasteiger partial charge in [-0.2, -0.15) is 4.21 Å². The predicted molar refractivity (Wildman–Crippen MR) is 102 cm³/mol. The Balaban J connectivity index is 2.93. The van der Waals surface area contributed by atoms with E-state index in [4.69, 9.17) is 19.6 Å². The molecule has 0 aliphatic carbocycles. The van der Waals surface area contributed by atoms with Crippen molar-refractivity contribution >= 4 is 38.9 Å². The highest BCUT2D eigenvalue weighted by Gasteiger charge is 2.16.